The van der Waals surface area contributed by atoms with Crippen LogP contribution in [0.1, 0.15) is 17.5 Å². The number of ether oxygens (including phenoxy) is 1. The Balaban J connectivity index is 1.71. The van der Waals surface area contributed by atoms with Gasteiger partial charge in [-0.3, -0.25) is 0 Å². The molecule has 2 aromatic rings. The molecule has 0 spiro atoms. The molecule has 2 rings (SSSR count). The Morgan fingerprint density at radius 2 is 1.35 bits per heavy atom. The minimum Gasteiger partial charge on any atom is -0.508 e. The Morgan fingerprint density at radius 3 is 1.96 bits per heavy atom. The van der Waals surface area contributed by atoms with Crippen molar-refractivity contribution in [2.45, 2.75) is 12.8 Å². The van der Waals surface area contributed by atoms with Gasteiger partial charge in [0.2, 0.25) is 0 Å². The molecular weight excluding hydrogens is 296 g/mol. The van der Waals surface area contributed by atoms with Crippen molar-refractivity contribution in [3.05, 3.63) is 47.5 Å². The maximum atomic E-state index is 9.37. The SMILES string of the molecule is Oc1cc(O)cc(C#CCOCCCc2cc(O)cc(O)c2)c1. The molecular formula is C18H18O5. The third-order valence-corrected chi connectivity index (χ3v) is 3.03. The lowest BCUT2D eigenvalue weighted by Gasteiger charge is -2.03. The second-order valence-electron chi connectivity index (χ2n) is 5.05. The van der Waals surface area contributed by atoms with E-state index in [0.29, 0.717) is 18.6 Å². The topological polar surface area (TPSA) is 90.2 Å². The summed E-state index contributed by atoms with van der Waals surface area (Å²) in [7, 11) is 0. The van der Waals surface area contributed by atoms with Crippen molar-refractivity contribution in [3.8, 4) is 34.8 Å². The van der Waals surface area contributed by atoms with Crippen LogP contribution in [0.5, 0.6) is 23.0 Å². The van der Waals surface area contributed by atoms with E-state index in [1.54, 1.807) is 12.1 Å². The molecule has 0 aromatic heterocycles. The Kier molecular flexibility index (Phi) is 5.73. The quantitative estimate of drug-likeness (QED) is 0.503. The lowest BCUT2D eigenvalue weighted by Crippen LogP contribution is -1.97. The maximum absolute atomic E-state index is 9.37. The summed E-state index contributed by atoms with van der Waals surface area (Å²) in [6.07, 6.45) is 1.41. The second kappa shape index (κ2) is 7.97. The lowest BCUT2D eigenvalue weighted by molar-refractivity contribution is 0.164. The minimum absolute atomic E-state index is 0.0374. The van der Waals surface area contributed by atoms with Crippen LogP contribution in [0.2, 0.25) is 0 Å². The summed E-state index contributed by atoms with van der Waals surface area (Å²) in [6.45, 7) is 0.734. The first-order valence-electron chi connectivity index (χ1n) is 7.14. The molecule has 120 valence electrons. The summed E-state index contributed by atoms with van der Waals surface area (Å²) in [4.78, 5) is 0. The molecule has 0 aliphatic rings. The van der Waals surface area contributed by atoms with E-state index in [4.69, 9.17) is 4.74 Å². The van der Waals surface area contributed by atoms with Gasteiger partial charge < -0.3 is 25.2 Å². The van der Waals surface area contributed by atoms with Crippen LogP contribution >= 0.6 is 0 Å². The Bertz CT molecular complexity index is 687. The molecule has 0 aliphatic heterocycles. The van der Waals surface area contributed by atoms with Gasteiger partial charge in [0.05, 0.1) is 0 Å². The number of rotatable bonds is 5. The minimum atomic E-state index is -0.0374. The predicted molar refractivity (Wildman–Crippen MR) is 85.6 cm³/mol. The fourth-order valence-electron chi connectivity index (χ4n) is 2.11. The van der Waals surface area contributed by atoms with Gasteiger partial charge in [-0.25, -0.2) is 0 Å². The molecule has 0 radical (unpaired) electrons. The number of phenols is 4. The number of hydrogen-bond donors (Lipinski definition) is 4. The molecule has 0 bridgehead atoms. The number of aryl methyl sites for hydroxylation is 1. The molecule has 0 saturated carbocycles. The monoisotopic (exact) mass is 314 g/mol. The molecule has 0 atom stereocenters. The fraction of sp³-hybridized carbons (Fsp3) is 0.222. The van der Waals surface area contributed by atoms with Gasteiger partial charge in [-0.15, -0.1) is 0 Å². The number of aromatic hydroxyl groups is 4. The van der Waals surface area contributed by atoms with Crippen molar-refractivity contribution in [2.75, 3.05) is 13.2 Å². The summed E-state index contributed by atoms with van der Waals surface area (Å²) in [5.74, 6) is 5.60. The molecule has 23 heavy (non-hydrogen) atoms. The van der Waals surface area contributed by atoms with Gasteiger partial charge in [-0.05, 0) is 42.7 Å². The Morgan fingerprint density at radius 1 is 0.783 bits per heavy atom. The molecule has 5 heteroatoms. The van der Waals surface area contributed by atoms with Gasteiger partial charge in [-0.1, -0.05) is 11.8 Å². The first-order valence-corrected chi connectivity index (χ1v) is 7.14. The van der Waals surface area contributed by atoms with Crippen LogP contribution in [0.15, 0.2) is 36.4 Å². The van der Waals surface area contributed by atoms with Crippen molar-refractivity contribution >= 4 is 0 Å². The Labute approximate surface area is 134 Å². The average molecular weight is 314 g/mol. The van der Waals surface area contributed by atoms with Crippen LogP contribution in [0.25, 0.3) is 0 Å². The van der Waals surface area contributed by atoms with E-state index in [0.717, 1.165) is 12.0 Å². The van der Waals surface area contributed by atoms with Crippen LogP contribution in [0, 0.1) is 11.8 Å². The zero-order valence-corrected chi connectivity index (χ0v) is 12.5. The Hall–Kier alpha value is -2.84. The molecule has 0 heterocycles. The van der Waals surface area contributed by atoms with Gasteiger partial charge >= 0.3 is 0 Å². The van der Waals surface area contributed by atoms with Crippen LogP contribution in [-0.2, 0) is 11.2 Å². The normalized spacial score (nSPS) is 10.1. The molecule has 0 aliphatic carbocycles. The van der Waals surface area contributed by atoms with E-state index < -0.39 is 0 Å². The molecule has 4 N–H and O–H groups in total. The zero-order valence-electron chi connectivity index (χ0n) is 12.5. The van der Waals surface area contributed by atoms with Crippen molar-refractivity contribution in [1.29, 1.82) is 0 Å². The summed E-state index contributed by atoms with van der Waals surface area (Å²) >= 11 is 0. The third-order valence-electron chi connectivity index (χ3n) is 3.03. The number of hydrogen-bond acceptors (Lipinski definition) is 5. The van der Waals surface area contributed by atoms with Gasteiger partial charge in [0.1, 0.15) is 29.6 Å². The second-order valence-corrected chi connectivity index (χ2v) is 5.05. The fourth-order valence-corrected chi connectivity index (χ4v) is 2.11. The van der Waals surface area contributed by atoms with E-state index in [1.165, 1.54) is 24.3 Å². The van der Waals surface area contributed by atoms with Crippen molar-refractivity contribution in [2.24, 2.45) is 0 Å². The van der Waals surface area contributed by atoms with Gasteiger partial charge in [-0.2, -0.15) is 0 Å². The van der Waals surface area contributed by atoms with E-state index in [2.05, 4.69) is 11.8 Å². The van der Waals surface area contributed by atoms with Gasteiger partial charge in [0, 0.05) is 24.3 Å². The molecule has 5 nitrogen and oxygen atoms in total. The number of phenolic OH excluding ortho intramolecular Hbond substituents is 4. The zero-order chi connectivity index (χ0) is 16.7. The highest BCUT2D eigenvalue weighted by molar-refractivity contribution is 5.45. The highest BCUT2D eigenvalue weighted by atomic mass is 16.5. The highest BCUT2D eigenvalue weighted by Crippen LogP contribution is 2.21. The standard InChI is InChI=1S/C18H18O5/c19-15-7-13(8-16(20)11-15)3-1-5-23-6-2-4-14-9-17(21)12-18(22)10-14/h7-12,19-22H,1,3,5-6H2. The molecule has 0 unspecified atom stereocenters. The smallest absolute Gasteiger partial charge is 0.120 e. The lowest BCUT2D eigenvalue weighted by atomic mass is 10.1. The van der Waals surface area contributed by atoms with Crippen molar-refractivity contribution in [3.63, 3.8) is 0 Å². The summed E-state index contributed by atoms with van der Waals surface area (Å²) in [5, 5.41) is 37.4. The molecule has 0 fully saturated rings. The first-order chi connectivity index (χ1) is 11.0. The van der Waals surface area contributed by atoms with E-state index in [-0.39, 0.29) is 29.6 Å². The van der Waals surface area contributed by atoms with Crippen LogP contribution in [-0.4, -0.2) is 33.6 Å². The van der Waals surface area contributed by atoms with Gasteiger partial charge in [0.15, 0.2) is 0 Å². The number of benzene rings is 2. The predicted octanol–water partition coefficient (Wildman–Crippen LogP) is 2.51. The van der Waals surface area contributed by atoms with Crippen LogP contribution < -0.4 is 0 Å². The summed E-state index contributed by atoms with van der Waals surface area (Å²) in [6, 6.07) is 8.65. The first kappa shape index (κ1) is 16.5. The summed E-state index contributed by atoms with van der Waals surface area (Å²) < 4.78 is 5.37. The molecule has 0 saturated heterocycles. The van der Waals surface area contributed by atoms with Crippen molar-refractivity contribution in [1.82, 2.24) is 0 Å². The third kappa shape index (κ3) is 5.81. The van der Waals surface area contributed by atoms with Crippen molar-refractivity contribution < 1.29 is 25.2 Å². The van der Waals surface area contributed by atoms with Crippen LogP contribution in [0.4, 0.5) is 0 Å². The average Bonchev–Trinajstić information content (AvgIpc) is 2.44. The molecule has 0 amide bonds. The van der Waals surface area contributed by atoms with E-state index in [9.17, 15) is 20.4 Å². The van der Waals surface area contributed by atoms with E-state index >= 15 is 0 Å². The maximum Gasteiger partial charge on any atom is 0.120 e. The van der Waals surface area contributed by atoms with Crippen LogP contribution in [0.3, 0.4) is 0 Å². The summed E-state index contributed by atoms with van der Waals surface area (Å²) in [5.41, 5.74) is 1.36. The highest BCUT2D eigenvalue weighted by Gasteiger charge is 1.99. The molecule has 2 aromatic carbocycles. The largest absolute Gasteiger partial charge is 0.508 e. The van der Waals surface area contributed by atoms with E-state index in [1.807, 2.05) is 0 Å². The van der Waals surface area contributed by atoms with Gasteiger partial charge in [0.25, 0.3) is 0 Å².